The van der Waals surface area contributed by atoms with E-state index in [1.165, 1.54) is 27.4 Å². The van der Waals surface area contributed by atoms with Crippen LogP contribution in [-0.4, -0.2) is 29.7 Å². The van der Waals surface area contributed by atoms with Gasteiger partial charge >= 0.3 is 0 Å². The van der Waals surface area contributed by atoms with E-state index in [2.05, 4.69) is 20.7 Å². The van der Waals surface area contributed by atoms with Crippen LogP contribution in [-0.2, 0) is 10.0 Å². The molecule has 0 spiro atoms. The highest BCUT2D eigenvalue weighted by atomic mass is 79.9. The van der Waals surface area contributed by atoms with Crippen molar-refractivity contribution in [3.63, 3.8) is 0 Å². The van der Waals surface area contributed by atoms with Gasteiger partial charge in [0.1, 0.15) is 22.1 Å². The number of ether oxygens (including phenoxy) is 3. The highest BCUT2D eigenvalue weighted by Crippen LogP contribution is 2.31. The van der Waals surface area contributed by atoms with Crippen LogP contribution in [0.15, 0.2) is 45.8 Å². The number of methoxy groups -OCH3 is 3. The largest absolute Gasteiger partial charge is 0.497 e. The van der Waals surface area contributed by atoms with Gasteiger partial charge in [-0.25, -0.2) is 8.42 Å². The molecule has 124 valence electrons. The zero-order valence-electron chi connectivity index (χ0n) is 12.8. The number of halogens is 1. The zero-order chi connectivity index (χ0) is 17.0. The topological polar surface area (TPSA) is 73.9 Å². The summed E-state index contributed by atoms with van der Waals surface area (Å²) in [5, 5.41) is 0. The molecule has 0 saturated heterocycles. The Kier molecular flexibility index (Phi) is 5.38. The van der Waals surface area contributed by atoms with E-state index in [1.54, 1.807) is 30.3 Å². The van der Waals surface area contributed by atoms with Crippen LogP contribution in [0.1, 0.15) is 0 Å². The normalized spacial score (nSPS) is 11.0. The fourth-order valence-corrected chi connectivity index (χ4v) is 3.69. The predicted octanol–water partition coefficient (Wildman–Crippen LogP) is 3.28. The summed E-state index contributed by atoms with van der Waals surface area (Å²) in [6.07, 6.45) is 0. The maximum absolute atomic E-state index is 12.6. The average molecular weight is 402 g/mol. The molecule has 0 fully saturated rings. The Morgan fingerprint density at radius 3 is 2.04 bits per heavy atom. The summed E-state index contributed by atoms with van der Waals surface area (Å²) in [5.74, 6) is 1.20. The Labute approximate surface area is 143 Å². The summed E-state index contributed by atoms with van der Waals surface area (Å²) in [4.78, 5) is 0.0242. The monoisotopic (exact) mass is 401 g/mol. The third kappa shape index (κ3) is 4.08. The first kappa shape index (κ1) is 17.4. The van der Waals surface area contributed by atoms with E-state index in [0.717, 1.165) is 0 Å². The van der Waals surface area contributed by atoms with Gasteiger partial charge in [0, 0.05) is 22.7 Å². The van der Waals surface area contributed by atoms with Gasteiger partial charge in [-0.05, 0) is 18.2 Å². The van der Waals surface area contributed by atoms with Gasteiger partial charge in [0.25, 0.3) is 10.0 Å². The molecule has 0 amide bonds. The van der Waals surface area contributed by atoms with Crippen LogP contribution in [0.2, 0.25) is 0 Å². The third-order valence-electron chi connectivity index (χ3n) is 3.02. The second-order valence-corrected chi connectivity index (χ2v) is 7.07. The molecule has 0 aliphatic carbocycles. The summed E-state index contributed by atoms with van der Waals surface area (Å²) in [6.45, 7) is 0. The van der Waals surface area contributed by atoms with Crippen molar-refractivity contribution >= 4 is 31.6 Å². The highest BCUT2D eigenvalue weighted by Gasteiger charge is 2.20. The van der Waals surface area contributed by atoms with Gasteiger partial charge in [0.05, 0.1) is 27.0 Å². The van der Waals surface area contributed by atoms with Crippen LogP contribution in [0.3, 0.4) is 0 Å². The lowest BCUT2D eigenvalue weighted by atomic mass is 10.3. The van der Waals surface area contributed by atoms with Crippen LogP contribution in [0.4, 0.5) is 5.69 Å². The molecule has 23 heavy (non-hydrogen) atoms. The SMILES string of the molecule is COc1cc(NS(=O)(=O)c2cc(Br)ccc2OC)cc(OC)c1. The van der Waals surface area contributed by atoms with Crippen LogP contribution in [0.25, 0.3) is 0 Å². The van der Waals surface area contributed by atoms with Gasteiger partial charge in [0.2, 0.25) is 0 Å². The van der Waals surface area contributed by atoms with E-state index in [4.69, 9.17) is 14.2 Å². The minimum atomic E-state index is -3.84. The van der Waals surface area contributed by atoms with Crippen molar-refractivity contribution in [2.24, 2.45) is 0 Å². The molecule has 8 heteroatoms. The molecule has 0 aromatic heterocycles. The number of nitrogens with one attached hydrogen (secondary N) is 1. The third-order valence-corrected chi connectivity index (χ3v) is 4.91. The minimum Gasteiger partial charge on any atom is -0.497 e. The zero-order valence-corrected chi connectivity index (χ0v) is 15.2. The first-order valence-electron chi connectivity index (χ1n) is 6.49. The van der Waals surface area contributed by atoms with Gasteiger partial charge in [-0.3, -0.25) is 4.72 Å². The molecule has 0 aliphatic heterocycles. The van der Waals surface area contributed by atoms with Crippen molar-refractivity contribution in [1.29, 1.82) is 0 Å². The van der Waals surface area contributed by atoms with E-state index in [9.17, 15) is 8.42 Å². The van der Waals surface area contributed by atoms with E-state index < -0.39 is 10.0 Å². The fraction of sp³-hybridized carbons (Fsp3) is 0.200. The molecule has 1 N–H and O–H groups in total. The van der Waals surface area contributed by atoms with Crippen LogP contribution in [0.5, 0.6) is 17.2 Å². The van der Waals surface area contributed by atoms with E-state index in [-0.39, 0.29) is 10.6 Å². The smallest absolute Gasteiger partial charge is 0.265 e. The van der Waals surface area contributed by atoms with Gasteiger partial charge in [-0.2, -0.15) is 0 Å². The average Bonchev–Trinajstić information content (AvgIpc) is 2.53. The van der Waals surface area contributed by atoms with Gasteiger partial charge < -0.3 is 14.2 Å². The number of hydrogen-bond donors (Lipinski definition) is 1. The molecular weight excluding hydrogens is 386 g/mol. The van der Waals surface area contributed by atoms with Gasteiger partial charge in [0.15, 0.2) is 0 Å². The maximum atomic E-state index is 12.6. The van der Waals surface area contributed by atoms with Crippen LogP contribution < -0.4 is 18.9 Å². The van der Waals surface area contributed by atoms with E-state index in [1.807, 2.05) is 0 Å². The Morgan fingerprint density at radius 2 is 1.52 bits per heavy atom. The molecule has 2 rings (SSSR count). The first-order chi connectivity index (χ1) is 10.9. The Morgan fingerprint density at radius 1 is 0.913 bits per heavy atom. The quantitative estimate of drug-likeness (QED) is 0.803. The summed E-state index contributed by atoms with van der Waals surface area (Å²) in [5.41, 5.74) is 0.322. The van der Waals surface area contributed by atoms with Crippen molar-refractivity contribution in [3.05, 3.63) is 40.9 Å². The van der Waals surface area contributed by atoms with E-state index in [0.29, 0.717) is 21.7 Å². The van der Waals surface area contributed by atoms with Crippen molar-refractivity contribution in [3.8, 4) is 17.2 Å². The number of rotatable bonds is 6. The number of hydrogen-bond acceptors (Lipinski definition) is 5. The number of sulfonamides is 1. The molecular formula is C15H16BrNO5S. The molecule has 0 unspecified atom stereocenters. The lowest BCUT2D eigenvalue weighted by molar-refractivity contribution is 0.395. The number of anilines is 1. The molecule has 0 heterocycles. The first-order valence-corrected chi connectivity index (χ1v) is 8.76. The predicted molar refractivity (Wildman–Crippen MR) is 91.0 cm³/mol. The van der Waals surface area contributed by atoms with Gasteiger partial charge in [-0.15, -0.1) is 0 Å². The van der Waals surface area contributed by atoms with Crippen molar-refractivity contribution < 1.29 is 22.6 Å². The van der Waals surface area contributed by atoms with Crippen LogP contribution in [0, 0.1) is 0 Å². The molecule has 0 bridgehead atoms. The highest BCUT2D eigenvalue weighted by molar-refractivity contribution is 9.10. The van der Waals surface area contributed by atoms with E-state index >= 15 is 0 Å². The minimum absolute atomic E-state index is 0.0242. The molecule has 2 aromatic rings. The second kappa shape index (κ2) is 7.10. The summed E-state index contributed by atoms with van der Waals surface area (Å²) >= 11 is 3.26. The molecule has 0 saturated carbocycles. The lowest BCUT2D eigenvalue weighted by Crippen LogP contribution is -2.14. The van der Waals surface area contributed by atoms with Crippen molar-refractivity contribution in [1.82, 2.24) is 0 Å². The molecule has 0 atom stereocenters. The Hall–Kier alpha value is -1.93. The second-order valence-electron chi connectivity index (χ2n) is 4.50. The van der Waals surface area contributed by atoms with Gasteiger partial charge in [-0.1, -0.05) is 15.9 Å². The molecule has 0 aliphatic rings. The molecule has 2 aromatic carbocycles. The Balaban J connectivity index is 2.44. The molecule has 0 radical (unpaired) electrons. The summed E-state index contributed by atoms with van der Waals surface area (Å²) in [6, 6.07) is 9.52. The fourth-order valence-electron chi connectivity index (χ4n) is 1.94. The van der Waals surface area contributed by atoms with Crippen molar-refractivity contribution in [2.75, 3.05) is 26.1 Å². The van der Waals surface area contributed by atoms with Crippen molar-refractivity contribution in [2.45, 2.75) is 4.90 Å². The van der Waals surface area contributed by atoms with Crippen LogP contribution >= 0.6 is 15.9 Å². The Bertz CT molecular complexity index is 785. The molecule has 6 nitrogen and oxygen atoms in total. The summed E-state index contributed by atoms with van der Waals surface area (Å²) in [7, 11) is 0.550. The standard InChI is InChI=1S/C15H16BrNO5S/c1-20-12-7-11(8-13(9-12)21-2)17-23(18,19)15-6-10(16)4-5-14(15)22-3/h4-9,17H,1-3H3. The summed E-state index contributed by atoms with van der Waals surface area (Å²) < 4.78 is 43.8. The number of benzene rings is 2. The maximum Gasteiger partial charge on any atom is 0.265 e. The lowest BCUT2D eigenvalue weighted by Gasteiger charge is -2.13.